The lowest BCUT2D eigenvalue weighted by atomic mass is 9.95. The molecule has 0 spiro atoms. The standard InChI is InChI=1S/C26H30N4O2/c1-17(2)15-20(31)13-14-24(32)29-16-19-9-5-6-10-21(19)26-25(27-28-30(26)18(3)4)22-11-7-8-12-23(22)29/h5-12,17-18H,13-16H2,1-4H3. The number of hydrogen-bond acceptors (Lipinski definition) is 4. The van der Waals surface area contributed by atoms with Gasteiger partial charge in [0, 0.05) is 36.4 Å². The molecule has 166 valence electrons. The van der Waals surface area contributed by atoms with E-state index < -0.39 is 0 Å². The number of fused-ring (bicyclic) bond motifs is 5. The minimum absolute atomic E-state index is 0.0518. The van der Waals surface area contributed by atoms with Crippen LogP contribution in [-0.2, 0) is 16.1 Å². The monoisotopic (exact) mass is 430 g/mol. The van der Waals surface area contributed by atoms with Crippen molar-refractivity contribution in [3.63, 3.8) is 0 Å². The molecule has 1 amide bonds. The van der Waals surface area contributed by atoms with Crippen LogP contribution in [0.2, 0.25) is 0 Å². The normalized spacial score (nSPS) is 12.8. The Bertz CT molecular complexity index is 1150. The molecule has 4 rings (SSSR count). The van der Waals surface area contributed by atoms with Crippen LogP contribution in [0.1, 0.15) is 58.6 Å². The number of rotatable bonds is 6. The number of benzene rings is 2. The molecule has 2 heterocycles. The molecule has 0 unspecified atom stereocenters. The topological polar surface area (TPSA) is 68.1 Å². The van der Waals surface area contributed by atoms with E-state index in [1.165, 1.54) is 0 Å². The van der Waals surface area contributed by atoms with Gasteiger partial charge in [-0.2, -0.15) is 0 Å². The quantitative estimate of drug-likeness (QED) is 0.523. The first-order valence-corrected chi connectivity index (χ1v) is 11.3. The summed E-state index contributed by atoms with van der Waals surface area (Å²) in [5.74, 6) is 0.384. The Labute approximate surface area is 189 Å². The number of anilines is 1. The Morgan fingerprint density at radius 3 is 2.34 bits per heavy atom. The van der Waals surface area contributed by atoms with Gasteiger partial charge in [-0.25, -0.2) is 4.68 Å². The smallest absolute Gasteiger partial charge is 0.227 e. The van der Waals surface area contributed by atoms with Gasteiger partial charge < -0.3 is 4.90 Å². The highest BCUT2D eigenvalue weighted by molar-refractivity contribution is 6.01. The maximum atomic E-state index is 13.4. The molecule has 0 saturated carbocycles. The van der Waals surface area contributed by atoms with Gasteiger partial charge in [-0.15, -0.1) is 5.10 Å². The van der Waals surface area contributed by atoms with Crippen LogP contribution >= 0.6 is 0 Å². The number of Topliss-reactive ketones (excluding diaryl/α,β-unsaturated/α-hetero) is 1. The molecule has 0 radical (unpaired) electrons. The molecule has 2 aromatic carbocycles. The second-order valence-electron chi connectivity index (χ2n) is 9.12. The van der Waals surface area contributed by atoms with Crippen molar-refractivity contribution in [3.8, 4) is 22.5 Å². The summed E-state index contributed by atoms with van der Waals surface area (Å²) in [6, 6.07) is 16.1. The summed E-state index contributed by atoms with van der Waals surface area (Å²) in [6.45, 7) is 8.66. The summed E-state index contributed by atoms with van der Waals surface area (Å²) in [5.41, 5.74) is 5.50. The fourth-order valence-corrected chi connectivity index (χ4v) is 4.30. The van der Waals surface area contributed by atoms with Crippen molar-refractivity contribution in [3.05, 3.63) is 54.1 Å². The van der Waals surface area contributed by atoms with Crippen molar-refractivity contribution < 1.29 is 9.59 Å². The summed E-state index contributed by atoms with van der Waals surface area (Å²) in [4.78, 5) is 27.4. The Morgan fingerprint density at radius 2 is 1.62 bits per heavy atom. The van der Waals surface area contributed by atoms with E-state index in [1.54, 1.807) is 4.90 Å². The molecule has 0 atom stereocenters. The number of nitrogens with zero attached hydrogens (tertiary/aromatic N) is 4. The molecule has 1 aliphatic rings. The van der Waals surface area contributed by atoms with E-state index >= 15 is 0 Å². The van der Waals surface area contributed by atoms with Crippen LogP contribution in [0.5, 0.6) is 0 Å². The second kappa shape index (κ2) is 9.07. The summed E-state index contributed by atoms with van der Waals surface area (Å²) in [5, 5.41) is 9.00. The maximum absolute atomic E-state index is 13.4. The van der Waals surface area contributed by atoms with Gasteiger partial charge in [-0.1, -0.05) is 61.5 Å². The van der Waals surface area contributed by atoms with Gasteiger partial charge in [0.2, 0.25) is 5.91 Å². The molecule has 0 aliphatic carbocycles. The molecule has 0 saturated heterocycles. The van der Waals surface area contributed by atoms with Crippen molar-refractivity contribution in [2.45, 2.75) is 59.5 Å². The molecular weight excluding hydrogens is 400 g/mol. The predicted molar refractivity (Wildman–Crippen MR) is 126 cm³/mol. The molecule has 0 fully saturated rings. The van der Waals surface area contributed by atoms with Crippen molar-refractivity contribution in [1.82, 2.24) is 15.0 Å². The lowest BCUT2D eigenvalue weighted by molar-refractivity contribution is -0.124. The number of ketones is 1. The van der Waals surface area contributed by atoms with Gasteiger partial charge in [0.1, 0.15) is 11.5 Å². The zero-order chi connectivity index (χ0) is 22.8. The number of hydrogen-bond donors (Lipinski definition) is 0. The molecule has 0 bridgehead atoms. The van der Waals surface area contributed by atoms with Gasteiger partial charge in [-0.05, 0) is 31.4 Å². The first kappa shape index (κ1) is 21.9. The third-order valence-electron chi connectivity index (χ3n) is 5.79. The summed E-state index contributed by atoms with van der Waals surface area (Å²) in [7, 11) is 0. The highest BCUT2D eigenvalue weighted by Crippen LogP contribution is 2.41. The van der Waals surface area contributed by atoms with Crippen LogP contribution in [0.4, 0.5) is 5.69 Å². The van der Waals surface area contributed by atoms with E-state index in [9.17, 15) is 9.59 Å². The zero-order valence-corrected chi connectivity index (χ0v) is 19.2. The second-order valence-corrected chi connectivity index (χ2v) is 9.12. The Morgan fingerprint density at radius 1 is 0.938 bits per heavy atom. The van der Waals surface area contributed by atoms with E-state index in [0.29, 0.717) is 18.9 Å². The fourth-order valence-electron chi connectivity index (χ4n) is 4.30. The molecule has 3 aromatic rings. The summed E-state index contributed by atoms with van der Waals surface area (Å²) >= 11 is 0. The minimum atomic E-state index is -0.0518. The average molecular weight is 431 g/mol. The van der Waals surface area contributed by atoms with Crippen LogP contribution in [0.3, 0.4) is 0 Å². The number of aromatic nitrogens is 3. The minimum Gasteiger partial charge on any atom is -0.307 e. The molecular formula is C26H30N4O2. The van der Waals surface area contributed by atoms with Gasteiger partial charge >= 0.3 is 0 Å². The molecule has 6 nitrogen and oxygen atoms in total. The first-order valence-electron chi connectivity index (χ1n) is 11.3. The zero-order valence-electron chi connectivity index (χ0n) is 19.2. The average Bonchev–Trinajstić information content (AvgIpc) is 3.19. The fraction of sp³-hybridized carbons (Fsp3) is 0.385. The number of carbonyl (C=O) groups is 2. The summed E-state index contributed by atoms with van der Waals surface area (Å²) < 4.78 is 1.95. The van der Waals surface area contributed by atoms with Gasteiger partial charge in [0.05, 0.1) is 17.9 Å². The lowest BCUT2D eigenvalue weighted by Gasteiger charge is -2.29. The van der Waals surface area contributed by atoms with E-state index in [1.807, 2.05) is 54.9 Å². The van der Waals surface area contributed by atoms with Crippen LogP contribution in [0.15, 0.2) is 48.5 Å². The van der Waals surface area contributed by atoms with Crippen molar-refractivity contribution in [2.75, 3.05) is 4.90 Å². The maximum Gasteiger partial charge on any atom is 0.227 e. The van der Waals surface area contributed by atoms with E-state index in [0.717, 1.165) is 33.8 Å². The van der Waals surface area contributed by atoms with Crippen LogP contribution in [0.25, 0.3) is 22.5 Å². The molecule has 32 heavy (non-hydrogen) atoms. The molecule has 6 heteroatoms. The number of carbonyl (C=O) groups excluding carboxylic acids is 2. The van der Waals surface area contributed by atoms with Gasteiger partial charge in [0.25, 0.3) is 0 Å². The highest BCUT2D eigenvalue weighted by Gasteiger charge is 2.29. The molecule has 1 aromatic heterocycles. The Kier molecular flexibility index (Phi) is 6.21. The lowest BCUT2D eigenvalue weighted by Crippen LogP contribution is -2.32. The van der Waals surface area contributed by atoms with Crippen molar-refractivity contribution in [1.29, 1.82) is 0 Å². The SMILES string of the molecule is CC(C)CC(=O)CCC(=O)N1Cc2ccccc2-c2c(nnn2C(C)C)-c2ccccc21. The summed E-state index contributed by atoms with van der Waals surface area (Å²) in [6.07, 6.45) is 0.980. The third-order valence-corrected chi connectivity index (χ3v) is 5.79. The van der Waals surface area contributed by atoms with Gasteiger partial charge in [-0.3, -0.25) is 9.59 Å². The van der Waals surface area contributed by atoms with Crippen molar-refractivity contribution in [2.24, 2.45) is 5.92 Å². The molecule has 0 N–H and O–H groups in total. The van der Waals surface area contributed by atoms with Crippen LogP contribution in [-0.4, -0.2) is 26.7 Å². The van der Waals surface area contributed by atoms with Crippen LogP contribution < -0.4 is 4.90 Å². The third kappa shape index (κ3) is 4.22. The largest absolute Gasteiger partial charge is 0.307 e. The van der Waals surface area contributed by atoms with E-state index in [2.05, 4.69) is 36.3 Å². The number of amides is 1. The Hall–Kier alpha value is -3.28. The van der Waals surface area contributed by atoms with Crippen molar-refractivity contribution >= 4 is 17.4 Å². The highest BCUT2D eigenvalue weighted by atomic mass is 16.2. The number of para-hydroxylation sites is 1. The first-order chi connectivity index (χ1) is 15.4. The molecule has 1 aliphatic heterocycles. The van der Waals surface area contributed by atoms with Crippen LogP contribution in [0, 0.1) is 5.92 Å². The Balaban J connectivity index is 1.80. The predicted octanol–water partition coefficient (Wildman–Crippen LogP) is 5.44. The van der Waals surface area contributed by atoms with E-state index in [4.69, 9.17) is 0 Å². The van der Waals surface area contributed by atoms with Gasteiger partial charge in [0.15, 0.2) is 0 Å². The van der Waals surface area contributed by atoms with E-state index in [-0.39, 0.29) is 30.6 Å².